The van der Waals surface area contributed by atoms with Crippen LogP contribution >= 0.6 is 0 Å². The molecule has 0 heterocycles. The molecule has 1 heteroatoms. The molecule has 0 bridgehead atoms. The van der Waals surface area contributed by atoms with Crippen molar-refractivity contribution in [2.75, 3.05) is 13.2 Å². The summed E-state index contributed by atoms with van der Waals surface area (Å²) in [6, 6.07) is 15.5. The number of benzene rings is 2. The van der Waals surface area contributed by atoms with Gasteiger partial charge in [0.15, 0.2) is 0 Å². The molecule has 1 atom stereocenters. The van der Waals surface area contributed by atoms with Crippen LogP contribution in [0.25, 0.3) is 0 Å². The maximum absolute atomic E-state index is 5.70. The summed E-state index contributed by atoms with van der Waals surface area (Å²) in [5, 5.41) is 0. The van der Waals surface area contributed by atoms with E-state index in [1.807, 2.05) is 6.92 Å². The van der Waals surface area contributed by atoms with Gasteiger partial charge in [0.25, 0.3) is 0 Å². The number of aryl methyl sites for hydroxylation is 3. The molecule has 0 aromatic heterocycles. The zero-order valence-electron chi connectivity index (χ0n) is 15.6. The fourth-order valence-corrected chi connectivity index (χ4v) is 3.23. The standard InChI is InChI=1S/C23H30O/c1-17(2)16-24-14-8-11-22(21-10-7-6-9-19(21)4)23-15-18(3)12-13-20(23)5/h6-7,9-10,12-13,15,22H,1,8,11,14,16H2,2-5H3. The van der Waals surface area contributed by atoms with Crippen LogP contribution in [0.4, 0.5) is 0 Å². The van der Waals surface area contributed by atoms with Crippen molar-refractivity contribution in [1.82, 2.24) is 0 Å². The summed E-state index contributed by atoms with van der Waals surface area (Å²) in [4.78, 5) is 0. The normalized spacial score (nSPS) is 12.2. The lowest BCUT2D eigenvalue weighted by molar-refractivity contribution is 0.151. The van der Waals surface area contributed by atoms with E-state index < -0.39 is 0 Å². The third kappa shape index (κ3) is 5.07. The first kappa shape index (κ1) is 18.5. The van der Waals surface area contributed by atoms with Crippen LogP contribution in [0.15, 0.2) is 54.6 Å². The molecule has 0 spiro atoms. The zero-order chi connectivity index (χ0) is 17.5. The molecule has 128 valence electrons. The minimum atomic E-state index is 0.430. The van der Waals surface area contributed by atoms with Gasteiger partial charge in [0.2, 0.25) is 0 Å². The van der Waals surface area contributed by atoms with Crippen molar-refractivity contribution < 1.29 is 4.74 Å². The van der Waals surface area contributed by atoms with Crippen LogP contribution in [0.5, 0.6) is 0 Å². The van der Waals surface area contributed by atoms with E-state index in [2.05, 4.69) is 69.8 Å². The highest BCUT2D eigenvalue weighted by Gasteiger charge is 2.18. The molecule has 0 fully saturated rings. The van der Waals surface area contributed by atoms with E-state index in [1.165, 1.54) is 27.8 Å². The largest absolute Gasteiger partial charge is 0.377 e. The van der Waals surface area contributed by atoms with Crippen molar-refractivity contribution in [2.45, 2.75) is 46.5 Å². The van der Waals surface area contributed by atoms with Crippen molar-refractivity contribution in [2.24, 2.45) is 0 Å². The van der Waals surface area contributed by atoms with Crippen LogP contribution in [0, 0.1) is 20.8 Å². The van der Waals surface area contributed by atoms with Crippen molar-refractivity contribution >= 4 is 0 Å². The van der Waals surface area contributed by atoms with Crippen LogP contribution in [0.1, 0.15) is 53.5 Å². The molecular weight excluding hydrogens is 292 g/mol. The van der Waals surface area contributed by atoms with Crippen molar-refractivity contribution in [3.63, 3.8) is 0 Å². The summed E-state index contributed by atoms with van der Waals surface area (Å²) >= 11 is 0. The van der Waals surface area contributed by atoms with Crippen LogP contribution in [-0.4, -0.2) is 13.2 Å². The Morgan fingerprint density at radius 2 is 1.71 bits per heavy atom. The molecule has 0 aliphatic carbocycles. The lowest BCUT2D eigenvalue weighted by Crippen LogP contribution is -2.08. The average molecular weight is 322 g/mol. The molecule has 0 N–H and O–H groups in total. The van der Waals surface area contributed by atoms with Crippen LogP contribution < -0.4 is 0 Å². The molecule has 2 rings (SSSR count). The molecule has 1 nitrogen and oxygen atoms in total. The summed E-state index contributed by atoms with van der Waals surface area (Å²) in [7, 11) is 0. The van der Waals surface area contributed by atoms with E-state index in [4.69, 9.17) is 4.74 Å². The van der Waals surface area contributed by atoms with Gasteiger partial charge in [-0.15, -0.1) is 0 Å². The molecule has 2 aromatic carbocycles. The highest BCUT2D eigenvalue weighted by molar-refractivity contribution is 5.42. The molecule has 24 heavy (non-hydrogen) atoms. The van der Waals surface area contributed by atoms with Crippen LogP contribution in [-0.2, 0) is 4.74 Å². The SMILES string of the molecule is C=C(C)COCCCC(c1ccccc1C)c1cc(C)ccc1C. The lowest BCUT2D eigenvalue weighted by Gasteiger charge is -2.22. The predicted molar refractivity (Wildman–Crippen MR) is 104 cm³/mol. The molecule has 0 radical (unpaired) electrons. The second kappa shape index (κ2) is 8.84. The van der Waals surface area contributed by atoms with Crippen molar-refractivity contribution in [3.8, 4) is 0 Å². The molecule has 0 aliphatic heterocycles. The first-order valence-electron chi connectivity index (χ1n) is 8.84. The molecule has 0 amide bonds. The Kier molecular flexibility index (Phi) is 6.81. The van der Waals surface area contributed by atoms with E-state index in [1.54, 1.807) is 0 Å². The second-order valence-corrected chi connectivity index (χ2v) is 6.92. The summed E-state index contributed by atoms with van der Waals surface area (Å²) < 4.78 is 5.70. The van der Waals surface area contributed by atoms with Gasteiger partial charge in [-0.3, -0.25) is 0 Å². The Balaban J connectivity index is 2.21. The highest BCUT2D eigenvalue weighted by Crippen LogP contribution is 2.33. The van der Waals surface area contributed by atoms with Gasteiger partial charge in [-0.1, -0.05) is 60.2 Å². The number of hydrogen-bond acceptors (Lipinski definition) is 1. The molecular formula is C23H30O. The molecule has 0 aliphatic rings. The lowest BCUT2D eigenvalue weighted by atomic mass is 9.82. The number of hydrogen-bond donors (Lipinski definition) is 0. The predicted octanol–water partition coefficient (Wildman–Crippen LogP) is 6.12. The van der Waals surface area contributed by atoms with Gasteiger partial charge in [0.05, 0.1) is 6.61 Å². The Morgan fingerprint density at radius 1 is 1.00 bits per heavy atom. The zero-order valence-corrected chi connectivity index (χ0v) is 15.6. The summed E-state index contributed by atoms with van der Waals surface area (Å²) in [6.45, 7) is 14.0. The van der Waals surface area contributed by atoms with E-state index >= 15 is 0 Å². The van der Waals surface area contributed by atoms with E-state index in [-0.39, 0.29) is 0 Å². The number of rotatable bonds is 8. The Labute approximate surface area is 147 Å². The average Bonchev–Trinajstić information content (AvgIpc) is 2.54. The van der Waals surface area contributed by atoms with Gasteiger partial charge in [-0.25, -0.2) is 0 Å². The molecule has 1 unspecified atom stereocenters. The van der Waals surface area contributed by atoms with Gasteiger partial charge in [0.1, 0.15) is 0 Å². The van der Waals surface area contributed by atoms with Crippen molar-refractivity contribution in [3.05, 3.63) is 82.4 Å². The summed E-state index contributed by atoms with van der Waals surface area (Å²) in [5.74, 6) is 0.430. The van der Waals surface area contributed by atoms with Gasteiger partial charge in [-0.05, 0) is 62.8 Å². The van der Waals surface area contributed by atoms with E-state index in [0.29, 0.717) is 12.5 Å². The minimum absolute atomic E-state index is 0.430. The quantitative estimate of drug-likeness (QED) is 0.420. The van der Waals surface area contributed by atoms with Crippen LogP contribution in [0.3, 0.4) is 0 Å². The highest BCUT2D eigenvalue weighted by atomic mass is 16.5. The first-order chi connectivity index (χ1) is 11.5. The fraction of sp³-hybridized carbons (Fsp3) is 0.391. The first-order valence-corrected chi connectivity index (χ1v) is 8.84. The van der Waals surface area contributed by atoms with Gasteiger partial charge in [0, 0.05) is 12.5 Å². The minimum Gasteiger partial charge on any atom is -0.377 e. The molecule has 0 saturated carbocycles. The third-order valence-electron chi connectivity index (χ3n) is 4.50. The van der Waals surface area contributed by atoms with E-state index in [0.717, 1.165) is 25.0 Å². The Bertz CT molecular complexity index is 684. The topological polar surface area (TPSA) is 9.23 Å². The van der Waals surface area contributed by atoms with Gasteiger partial charge < -0.3 is 4.74 Å². The molecule has 2 aromatic rings. The summed E-state index contributed by atoms with van der Waals surface area (Å²) in [6.07, 6.45) is 2.16. The van der Waals surface area contributed by atoms with Gasteiger partial charge in [-0.2, -0.15) is 0 Å². The Morgan fingerprint density at radius 3 is 2.42 bits per heavy atom. The summed E-state index contributed by atoms with van der Waals surface area (Å²) in [5.41, 5.74) is 8.03. The van der Waals surface area contributed by atoms with Crippen molar-refractivity contribution in [1.29, 1.82) is 0 Å². The number of ether oxygens (including phenoxy) is 1. The molecule has 0 saturated heterocycles. The Hall–Kier alpha value is -1.86. The van der Waals surface area contributed by atoms with E-state index in [9.17, 15) is 0 Å². The fourth-order valence-electron chi connectivity index (χ4n) is 3.23. The second-order valence-electron chi connectivity index (χ2n) is 6.92. The maximum atomic E-state index is 5.70. The maximum Gasteiger partial charge on any atom is 0.0671 e. The monoisotopic (exact) mass is 322 g/mol. The third-order valence-corrected chi connectivity index (χ3v) is 4.50. The smallest absolute Gasteiger partial charge is 0.0671 e. The van der Waals surface area contributed by atoms with Crippen LogP contribution in [0.2, 0.25) is 0 Å². The van der Waals surface area contributed by atoms with Gasteiger partial charge >= 0.3 is 0 Å².